The summed E-state index contributed by atoms with van der Waals surface area (Å²) in [7, 11) is 3.51. The number of nitrogens with zero attached hydrogens (tertiary/aromatic N) is 4. The minimum Gasteiger partial charge on any atom is -0.493 e. The Labute approximate surface area is 247 Å². The molecule has 0 spiro atoms. The van der Waals surface area contributed by atoms with Crippen molar-refractivity contribution in [2.75, 3.05) is 59.4 Å². The van der Waals surface area contributed by atoms with E-state index in [4.69, 9.17) is 14.5 Å². The summed E-state index contributed by atoms with van der Waals surface area (Å²) in [6.07, 6.45) is 1.77. The Morgan fingerprint density at radius 1 is 1.02 bits per heavy atom. The summed E-state index contributed by atoms with van der Waals surface area (Å²) in [5, 5.41) is 0.567. The number of anilines is 1. The highest BCUT2D eigenvalue weighted by Crippen LogP contribution is 2.38. The second-order valence-electron chi connectivity index (χ2n) is 10.6. The zero-order chi connectivity index (χ0) is 28.3. The highest BCUT2D eigenvalue weighted by molar-refractivity contribution is 7.89. The number of carbonyl (C=O) groups excluding carboxylic acids is 1. The summed E-state index contributed by atoms with van der Waals surface area (Å²) >= 11 is 1.40. The van der Waals surface area contributed by atoms with E-state index in [1.165, 1.54) is 11.3 Å². The molecule has 1 aliphatic heterocycles. The highest BCUT2D eigenvalue weighted by atomic mass is 35.5. The van der Waals surface area contributed by atoms with Gasteiger partial charge in [-0.2, -0.15) is 4.31 Å². The average Bonchev–Trinajstić information content (AvgIpc) is 3.31. The zero-order valence-electron chi connectivity index (χ0n) is 23.9. The summed E-state index contributed by atoms with van der Waals surface area (Å²) < 4.78 is 39.9. The van der Waals surface area contributed by atoms with Gasteiger partial charge in [-0.15, -0.1) is 12.4 Å². The van der Waals surface area contributed by atoms with E-state index in [1.807, 2.05) is 20.2 Å². The lowest BCUT2D eigenvalue weighted by molar-refractivity contribution is 0.0986. The predicted molar refractivity (Wildman–Crippen MR) is 163 cm³/mol. The number of piperidine rings is 1. The molecule has 2 aromatic carbocycles. The van der Waals surface area contributed by atoms with Crippen molar-refractivity contribution in [1.82, 2.24) is 14.2 Å². The van der Waals surface area contributed by atoms with E-state index in [-0.39, 0.29) is 23.2 Å². The van der Waals surface area contributed by atoms with E-state index in [0.29, 0.717) is 59.2 Å². The molecule has 2 heterocycles. The van der Waals surface area contributed by atoms with Crippen molar-refractivity contribution in [3.8, 4) is 11.5 Å². The minimum absolute atomic E-state index is 0. The molecule has 4 rings (SSSR count). The molecule has 2 atom stereocenters. The number of rotatable bonds is 10. The number of fused-ring (bicyclic) bond motifs is 1. The van der Waals surface area contributed by atoms with Gasteiger partial charge in [0.2, 0.25) is 10.0 Å². The predicted octanol–water partition coefficient (Wildman–Crippen LogP) is 5.00. The van der Waals surface area contributed by atoms with E-state index < -0.39 is 10.0 Å². The SMILES string of the molecule is COc1cc2nc(N(CCCN(C)C)C(=O)c3ccc(S(=O)(=O)N4CC(C)CC(C)C4)cc3)sc2cc1OC.Cl. The second-order valence-corrected chi connectivity index (χ2v) is 13.5. The third kappa shape index (κ3) is 7.06. The van der Waals surface area contributed by atoms with Crippen LogP contribution in [0.2, 0.25) is 0 Å². The van der Waals surface area contributed by atoms with Crippen molar-refractivity contribution >= 4 is 55.0 Å². The van der Waals surface area contributed by atoms with Crippen molar-refractivity contribution < 1.29 is 22.7 Å². The fourth-order valence-corrected chi connectivity index (χ4v) is 7.74. The van der Waals surface area contributed by atoms with E-state index >= 15 is 0 Å². The molecule has 9 nitrogen and oxygen atoms in total. The normalized spacial score (nSPS) is 18.0. The van der Waals surface area contributed by atoms with Crippen LogP contribution in [0.5, 0.6) is 11.5 Å². The molecule has 1 amide bonds. The van der Waals surface area contributed by atoms with Crippen LogP contribution in [0, 0.1) is 11.8 Å². The fraction of sp³-hybridized carbons (Fsp3) is 0.500. The highest BCUT2D eigenvalue weighted by Gasteiger charge is 2.32. The Balaban J connectivity index is 0.00000441. The third-order valence-electron chi connectivity index (χ3n) is 6.92. The molecule has 0 radical (unpaired) electrons. The second kappa shape index (κ2) is 13.5. The number of carbonyl (C=O) groups is 1. The quantitative estimate of drug-likeness (QED) is 0.319. The van der Waals surface area contributed by atoms with E-state index in [2.05, 4.69) is 18.7 Å². The monoisotopic (exact) mass is 610 g/mol. The van der Waals surface area contributed by atoms with Gasteiger partial charge < -0.3 is 14.4 Å². The molecular formula is C28H39ClN4O5S2. The standard InChI is InChI=1S/C28H38N4O5S2.ClH/c1-19-14-20(2)18-31(17-19)39(34,35)22-10-8-21(9-11-22)27(33)32(13-7-12-30(3)4)28-29-23-15-24(36-5)25(37-6)16-26(23)38-28;/h8-11,15-16,19-20H,7,12-14,17-18H2,1-6H3;1H. The summed E-state index contributed by atoms with van der Waals surface area (Å²) in [4.78, 5) is 22.5. The van der Waals surface area contributed by atoms with Gasteiger partial charge in [-0.05, 0) is 69.6 Å². The van der Waals surface area contributed by atoms with Crippen LogP contribution >= 0.6 is 23.7 Å². The van der Waals surface area contributed by atoms with E-state index in [9.17, 15) is 13.2 Å². The Hall–Kier alpha value is -2.44. The zero-order valence-corrected chi connectivity index (χ0v) is 26.4. The first-order valence-corrected chi connectivity index (χ1v) is 15.4. The lowest BCUT2D eigenvalue weighted by Crippen LogP contribution is -2.42. The van der Waals surface area contributed by atoms with Gasteiger partial charge in [0, 0.05) is 37.3 Å². The largest absolute Gasteiger partial charge is 0.493 e. The number of hydrogen-bond acceptors (Lipinski definition) is 8. The van der Waals surface area contributed by atoms with Gasteiger partial charge in [0.25, 0.3) is 5.91 Å². The summed E-state index contributed by atoms with van der Waals surface area (Å²) in [6, 6.07) is 9.95. The number of ether oxygens (including phenoxy) is 2. The molecule has 0 aliphatic carbocycles. The maximum absolute atomic E-state index is 13.8. The molecular weight excluding hydrogens is 572 g/mol. The number of aromatic nitrogens is 1. The molecule has 12 heteroatoms. The van der Waals surface area contributed by atoms with Crippen molar-refractivity contribution in [2.24, 2.45) is 11.8 Å². The van der Waals surface area contributed by atoms with Crippen LogP contribution in [0.4, 0.5) is 5.13 Å². The van der Waals surface area contributed by atoms with Crippen LogP contribution in [-0.2, 0) is 10.0 Å². The van der Waals surface area contributed by atoms with Crippen molar-refractivity contribution in [3.05, 3.63) is 42.0 Å². The van der Waals surface area contributed by atoms with E-state index in [1.54, 1.807) is 53.8 Å². The van der Waals surface area contributed by atoms with Crippen LogP contribution in [0.15, 0.2) is 41.3 Å². The fourth-order valence-electron chi connectivity index (χ4n) is 5.06. The molecule has 1 saturated heterocycles. The number of amides is 1. The van der Waals surface area contributed by atoms with Crippen LogP contribution in [0.1, 0.15) is 37.0 Å². The first kappa shape index (κ1) is 32.1. The topological polar surface area (TPSA) is 92.3 Å². The third-order valence-corrected chi connectivity index (χ3v) is 9.81. The van der Waals surface area contributed by atoms with Gasteiger partial charge in [0.1, 0.15) is 0 Å². The van der Waals surface area contributed by atoms with Gasteiger partial charge in [-0.25, -0.2) is 13.4 Å². The molecule has 220 valence electrons. The molecule has 0 saturated carbocycles. The number of sulfonamides is 1. The molecule has 3 aromatic rings. The lowest BCUT2D eigenvalue weighted by atomic mass is 9.94. The van der Waals surface area contributed by atoms with Crippen LogP contribution in [0.3, 0.4) is 0 Å². The number of hydrogen-bond donors (Lipinski definition) is 0. The summed E-state index contributed by atoms with van der Waals surface area (Å²) in [5.41, 5.74) is 1.12. The number of halogens is 1. The molecule has 0 N–H and O–H groups in total. The average molecular weight is 611 g/mol. The molecule has 0 bridgehead atoms. The first-order chi connectivity index (χ1) is 18.5. The molecule has 40 heavy (non-hydrogen) atoms. The van der Waals surface area contributed by atoms with Gasteiger partial charge >= 0.3 is 0 Å². The van der Waals surface area contributed by atoms with Gasteiger partial charge in [0.05, 0.1) is 29.3 Å². The van der Waals surface area contributed by atoms with Gasteiger partial charge in [-0.1, -0.05) is 25.2 Å². The van der Waals surface area contributed by atoms with Crippen molar-refractivity contribution in [2.45, 2.75) is 31.6 Å². The minimum atomic E-state index is -3.63. The Morgan fingerprint density at radius 3 is 2.20 bits per heavy atom. The maximum Gasteiger partial charge on any atom is 0.260 e. The summed E-state index contributed by atoms with van der Waals surface area (Å²) in [5.74, 6) is 1.57. The van der Waals surface area contributed by atoms with Gasteiger partial charge in [0.15, 0.2) is 16.6 Å². The van der Waals surface area contributed by atoms with Crippen LogP contribution < -0.4 is 14.4 Å². The smallest absolute Gasteiger partial charge is 0.260 e. The Kier molecular flexibility index (Phi) is 10.8. The van der Waals surface area contributed by atoms with Crippen molar-refractivity contribution in [3.63, 3.8) is 0 Å². The van der Waals surface area contributed by atoms with Gasteiger partial charge in [-0.3, -0.25) is 9.69 Å². The van der Waals surface area contributed by atoms with Crippen molar-refractivity contribution in [1.29, 1.82) is 0 Å². The molecule has 2 unspecified atom stereocenters. The van der Waals surface area contributed by atoms with E-state index in [0.717, 1.165) is 24.1 Å². The number of thiazole rings is 1. The summed E-state index contributed by atoms with van der Waals surface area (Å²) in [6.45, 7) is 6.47. The van der Waals surface area contributed by atoms with Crippen LogP contribution in [0.25, 0.3) is 10.2 Å². The Bertz CT molecular complexity index is 1360. The lowest BCUT2D eigenvalue weighted by Gasteiger charge is -2.34. The molecule has 1 aromatic heterocycles. The molecule has 1 aliphatic rings. The maximum atomic E-state index is 13.8. The Morgan fingerprint density at radius 2 is 1.62 bits per heavy atom. The number of methoxy groups -OCH3 is 2. The number of benzene rings is 2. The molecule has 1 fully saturated rings. The van der Waals surface area contributed by atoms with Crippen LogP contribution in [-0.4, -0.2) is 83.0 Å². The first-order valence-electron chi connectivity index (χ1n) is 13.1.